The number of nitrogens with zero attached hydrogens (tertiary/aromatic N) is 5. The van der Waals surface area contributed by atoms with E-state index in [1.54, 1.807) is 6.20 Å². The molecule has 152 valence electrons. The van der Waals surface area contributed by atoms with Crippen LogP contribution in [0.2, 0.25) is 0 Å². The molecule has 1 aromatic carbocycles. The summed E-state index contributed by atoms with van der Waals surface area (Å²) in [4.78, 5) is 6.77. The lowest BCUT2D eigenvalue weighted by Gasteiger charge is -2.30. The zero-order valence-electron chi connectivity index (χ0n) is 17.5. The molecule has 3 heterocycles. The highest BCUT2D eigenvalue weighted by atomic mass is 32.1. The maximum absolute atomic E-state index is 5.96. The maximum Gasteiger partial charge on any atom is 0.204 e. The largest absolute Gasteiger partial charge is 0.284 e. The van der Waals surface area contributed by atoms with Crippen LogP contribution >= 0.6 is 12.2 Å². The molecule has 0 N–H and O–H groups in total. The van der Waals surface area contributed by atoms with Crippen LogP contribution in [0.25, 0.3) is 17.1 Å². The third kappa shape index (κ3) is 4.19. The normalized spacial score (nSPS) is 17.7. The predicted octanol–water partition coefficient (Wildman–Crippen LogP) is 5.28. The van der Waals surface area contributed by atoms with Crippen molar-refractivity contribution in [3.63, 3.8) is 0 Å². The zero-order chi connectivity index (χ0) is 20.4. The van der Waals surface area contributed by atoms with E-state index in [-0.39, 0.29) is 0 Å². The fourth-order valence-corrected chi connectivity index (χ4v) is 4.47. The van der Waals surface area contributed by atoms with Gasteiger partial charge in [-0.05, 0) is 67.2 Å². The van der Waals surface area contributed by atoms with Crippen LogP contribution in [0.3, 0.4) is 0 Å². The van der Waals surface area contributed by atoms with Crippen LogP contribution in [0.15, 0.2) is 48.8 Å². The highest BCUT2D eigenvalue weighted by Gasteiger charge is 2.21. The van der Waals surface area contributed by atoms with Crippen LogP contribution in [0.5, 0.6) is 0 Å². The highest BCUT2D eigenvalue weighted by Crippen LogP contribution is 2.28. The molecule has 4 rings (SSSR count). The summed E-state index contributed by atoms with van der Waals surface area (Å²) < 4.78 is 4.83. The number of hydrogen-bond acceptors (Lipinski definition) is 4. The molecule has 3 aromatic rings. The van der Waals surface area contributed by atoms with Crippen molar-refractivity contribution in [2.24, 2.45) is 5.92 Å². The molecule has 0 unspecified atom stereocenters. The summed E-state index contributed by atoms with van der Waals surface area (Å²) in [5.74, 6) is 1.96. The summed E-state index contributed by atoms with van der Waals surface area (Å²) >= 11 is 5.96. The number of likely N-dealkylation sites (tertiary alicyclic amines) is 1. The molecule has 0 amide bonds. The summed E-state index contributed by atoms with van der Waals surface area (Å²) in [6, 6.07) is 12.5. The SMILES string of the molecule is CC(C)c1ccccc1-n1c(-c2cccnc2)nn(CN2CCC[C@H](C)C2)c1=S. The van der Waals surface area contributed by atoms with Crippen LogP contribution in [0.1, 0.15) is 45.1 Å². The smallest absolute Gasteiger partial charge is 0.204 e. The molecule has 0 radical (unpaired) electrons. The standard InChI is InChI=1S/C23H29N5S/c1-17(2)20-10-4-5-11-21(20)28-22(19-9-6-12-24-14-19)25-27(23(28)29)16-26-13-7-8-18(3)15-26/h4-6,9-12,14,17-18H,7-8,13,15-16H2,1-3H3/t18-/m0/s1. The summed E-state index contributed by atoms with van der Waals surface area (Å²) in [6.07, 6.45) is 6.19. The van der Waals surface area contributed by atoms with Gasteiger partial charge >= 0.3 is 0 Å². The van der Waals surface area contributed by atoms with Gasteiger partial charge in [0.15, 0.2) is 5.82 Å². The summed E-state index contributed by atoms with van der Waals surface area (Å²) in [7, 11) is 0. The average molecular weight is 408 g/mol. The second-order valence-corrected chi connectivity index (χ2v) is 8.73. The van der Waals surface area contributed by atoms with Crippen LogP contribution < -0.4 is 0 Å². The Labute approximate surface area is 178 Å². The molecule has 0 aliphatic carbocycles. The molecular formula is C23H29N5S. The monoisotopic (exact) mass is 407 g/mol. The number of aromatic nitrogens is 4. The Morgan fingerprint density at radius 2 is 2.00 bits per heavy atom. The molecule has 1 saturated heterocycles. The van der Waals surface area contributed by atoms with Gasteiger partial charge in [-0.15, -0.1) is 5.10 Å². The molecule has 1 aliphatic heterocycles. The summed E-state index contributed by atoms with van der Waals surface area (Å²) in [5, 5.41) is 4.97. The van der Waals surface area contributed by atoms with E-state index in [0.29, 0.717) is 5.92 Å². The predicted molar refractivity (Wildman–Crippen MR) is 120 cm³/mol. The minimum Gasteiger partial charge on any atom is -0.284 e. The zero-order valence-corrected chi connectivity index (χ0v) is 18.3. The van der Waals surface area contributed by atoms with Gasteiger partial charge in [0.25, 0.3) is 0 Å². The third-order valence-corrected chi connectivity index (χ3v) is 6.03. The van der Waals surface area contributed by atoms with E-state index in [9.17, 15) is 0 Å². The topological polar surface area (TPSA) is 38.9 Å². The number of rotatable bonds is 5. The van der Waals surface area contributed by atoms with Gasteiger partial charge in [-0.3, -0.25) is 14.5 Å². The second-order valence-electron chi connectivity index (χ2n) is 8.36. The van der Waals surface area contributed by atoms with Crippen LogP contribution in [0.4, 0.5) is 0 Å². The number of benzene rings is 1. The van der Waals surface area contributed by atoms with Crippen LogP contribution in [0, 0.1) is 10.7 Å². The van der Waals surface area contributed by atoms with Gasteiger partial charge in [0.2, 0.25) is 4.77 Å². The van der Waals surface area contributed by atoms with Crippen molar-refractivity contribution >= 4 is 12.2 Å². The van der Waals surface area contributed by atoms with Gasteiger partial charge in [-0.25, -0.2) is 4.68 Å². The van der Waals surface area contributed by atoms with Gasteiger partial charge in [-0.1, -0.05) is 39.0 Å². The maximum atomic E-state index is 5.96. The van der Waals surface area contributed by atoms with Crippen molar-refractivity contribution in [3.8, 4) is 17.1 Å². The van der Waals surface area contributed by atoms with E-state index in [1.165, 1.54) is 18.4 Å². The lowest BCUT2D eigenvalue weighted by atomic mass is 10.0. The highest BCUT2D eigenvalue weighted by molar-refractivity contribution is 7.71. The number of hydrogen-bond donors (Lipinski definition) is 0. The molecule has 2 aromatic heterocycles. The summed E-state index contributed by atoms with van der Waals surface area (Å²) in [5.41, 5.74) is 3.34. The molecule has 6 heteroatoms. The van der Waals surface area contributed by atoms with Gasteiger partial charge in [-0.2, -0.15) is 0 Å². The second kappa shape index (κ2) is 8.59. The van der Waals surface area contributed by atoms with Gasteiger partial charge in [0, 0.05) is 24.5 Å². The Bertz CT molecular complexity index is 1020. The fraction of sp³-hybridized carbons (Fsp3) is 0.435. The number of para-hydroxylation sites is 1. The number of pyridine rings is 1. The fourth-order valence-electron chi connectivity index (χ4n) is 4.18. The molecule has 29 heavy (non-hydrogen) atoms. The van der Waals surface area contributed by atoms with Crippen LogP contribution in [-0.4, -0.2) is 37.3 Å². The first-order chi connectivity index (χ1) is 14.0. The van der Waals surface area contributed by atoms with Crippen molar-refractivity contribution in [1.29, 1.82) is 0 Å². The molecule has 5 nitrogen and oxygen atoms in total. The summed E-state index contributed by atoms with van der Waals surface area (Å²) in [6.45, 7) is 9.68. The van der Waals surface area contributed by atoms with E-state index < -0.39 is 0 Å². The first-order valence-electron chi connectivity index (χ1n) is 10.5. The first-order valence-corrected chi connectivity index (χ1v) is 10.9. The quantitative estimate of drug-likeness (QED) is 0.540. The Balaban J connectivity index is 1.83. The van der Waals surface area contributed by atoms with Crippen molar-refractivity contribution in [2.75, 3.05) is 13.1 Å². The minimum atomic E-state index is 0.390. The van der Waals surface area contributed by atoms with E-state index in [2.05, 4.69) is 59.5 Å². The lowest BCUT2D eigenvalue weighted by Crippen LogP contribution is -2.36. The minimum absolute atomic E-state index is 0.390. The van der Waals surface area contributed by atoms with Gasteiger partial charge < -0.3 is 0 Å². The molecule has 0 saturated carbocycles. The molecule has 1 atom stereocenters. The Kier molecular flexibility index (Phi) is 5.92. The first kappa shape index (κ1) is 20.0. The van der Waals surface area contributed by atoms with Crippen molar-refractivity contribution in [2.45, 2.75) is 46.2 Å². The molecule has 0 spiro atoms. The average Bonchev–Trinajstić information content (AvgIpc) is 3.04. The van der Waals surface area contributed by atoms with E-state index in [1.807, 2.05) is 23.0 Å². The van der Waals surface area contributed by atoms with E-state index in [4.69, 9.17) is 17.3 Å². The van der Waals surface area contributed by atoms with Crippen molar-refractivity contribution in [3.05, 3.63) is 59.1 Å². The van der Waals surface area contributed by atoms with E-state index in [0.717, 1.165) is 47.5 Å². The van der Waals surface area contributed by atoms with E-state index >= 15 is 0 Å². The van der Waals surface area contributed by atoms with Gasteiger partial charge in [0.05, 0.1) is 12.4 Å². The lowest BCUT2D eigenvalue weighted by molar-refractivity contribution is 0.138. The molecule has 1 fully saturated rings. The third-order valence-electron chi connectivity index (χ3n) is 5.63. The Hall–Kier alpha value is -2.31. The Morgan fingerprint density at radius 1 is 1.17 bits per heavy atom. The van der Waals surface area contributed by atoms with Crippen LogP contribution in [-0.2, 0) is 6.67 Å². The number of piperidine rings is 1. The Morgan fingerprint density at radius 3 is 2.72 bits per heavy atom. The van der Waals surface area contributed by atoms with Gasteiger partial charge in [0.1, 0.15) is 0 Å². The molecule has 0 bridgehead atoms. The van der Waals surface area contributed by atoms with Crippen molar-refractivity contribution in [1.82, 2.24) is 24.2 Å². The van der Waals surface area contributed by atoms with Crippen molar-refractivity contribution < 1.29 is 0 Å². The molecule has 1 aliphatic rings. The molecular weight excluding hydrogens is 378 g/mol.